The van der Waals surface area contributed by atoms with Gasteiger partial charge in [0.2, 0.25) is 5.91 Å². The lowest BCUT2D eigenvalue weighted by atomic mass is 10.1. The molecule has 0 heterocycles. The van der Waals surface area contributed by atoms with Crippen LogP contribution in [0.3, 0.4) is 0 Å². The van der Waals surface area contributed by atoms with Gasteiger partial charge in [-0.1, -0.05) is 18.2 Å². The average molecular weight is 353 g/mol. The molecule has 0 aromatic heterocycles. The molecule has 3 N–H and O–H groups in total. The highest BCUT2D eigenvalue weighted by atomic mass is 79.9. The predicted molar refractivity (Wildman–Crippen MR) is 82.7 cm³/mol. The van der Waals surface area contributed by atoms with Crippen molar-refractivity contribution < 1.29 is 13.9 Å². The van der Waals surface area contributed by atoms with Crippen LogP contribution in [0.4, 0.5) is 10.1 Å². The molecule has 0 bridgehead atoms. The number of rotatable bonds is 5. The Morgan fingerprint density at radius 1 is 1.33 bits per heavy atom. The number of ether oxygens (including phenoxy) is 1. The maximum Gasteiger partial charge on any atom is 0.244 e. The van der Waals surface area contributed by atoms with E-state index in [2.05, 4.69) is 21.2 Å². The normalized spacial score (nSPS) is 11.8. The molecule has 110 valence electrons. The van der Waals surface area contributed by atoms with Crippen LogP contribution in [0, 0.1) is 5.82 Å². The molecular weight excluding hydrogens is 339 g/mol. The SMILES string of the molecule is COc1ccc(C(Nc2ccccc2F)C(N)=O)cc1Br. The molecule has 4 nitrogen and oxygen atoms in total. The first-order valence-corrected chi connectivity index (χ1v) is 6.96. The zero-order valence-corrected chi connectivity index (χ0v) is 12.9. The van der Waals surface area contributed by atoms with Gasteiger partial charge in [0.15, 0.2) is 0 Å². The summed E-state index contributed by atoms with van der Waals surface area (Å²) in [5.74, 6) is -0.417. The minimum absolute atomic E-state index is 0.216. The Morgan fingerprint density at radius 2 is 2.05 bits per heavy atom. The fourth-order valence-electron chi connectivity index (χ4n) is 1.91. The number of para-hydroxylation sites is 1. The van der Waals surface area contributed by atoms with E-state index in [0.29, 0.717) is 15.8 Å². The van der Waals surface area contributed by atoms with Crippen LogP contribution in [-0.4, -0.2) is 13.0 Å². The lowest BCUT2D eigenvalue weighted by Gasteiger charge is -2.18. The number of nitrogens with two attached hydrogens (primary N) is 1. The van der Waals surface area contributed by atoms with Crippen LogP contribution >= 0.6 is 15.9 Å². The highest BCUT2D eigenvalue weighted by molar-refractivity contribution is 9.10. The van der Waals surface area contributed by atoms with Gasteiger partial charge >= 0.3 is 0 Å². The molecule has 0 aliphatic carbocycles. The summed E-state index contributed by atoms with van der Waals surface area (Å²) in [7, 11) is 1.54. The highest BCUT2D eigenvalue weighted by Gasteiger charge is 2.20. The molecule has 0 saturated carbocycles. The first-order chi connectivity index (χ1) is 10.0. The van der Waals surface area contributed by atoms with Crippen molar-refractivity contribution in [3.63, 3.8) is 0 Å². The Morgan fingerprint density at radius 3 is 2.62 bits per heavy atom. The molecule has 0 radical (unpaired) electrons. The molecule has 21 heavy (non-hydrogen) atoms. The molecule has 2 rings (SSSR count). The molecule has 1 atom stereocenters. The summed E-state index contributed by atoms with van der Waals surface area (Å²) >= 11 is 3.35. The van der Waals surface area contributed by atoms with Crippen molar-refractivity contribution in [1.82, 2.24) is 0 Å². The molecule has 0 aliphatic rings. The van der Waals surface area contributed by atoms with Gasteiger partial charge < -0.3 is 15.8 Å². The lowest BCUT2D eigenvalue weighted by Crippen LogP contribution is -2.28. The first kappa shape index (κ1) is 15.3. The zero-order chi connectivity index (χ0) is 15.4. The Kier molecular flexibility index (Phi) is 4.80. The van der Waals surface area contributed by atoms with Crippen molar-refractivity contribution in [3.05, 3.63) is 58.3 Å². The highest BCUT2D eigenvalue weighted by Crippen LogP contribution is 2.29. The van der Waals surface area contributed by atoms with Crippen LogP contribution in [0.25, 0.3) is 0 Å². The van der Waals surface area contributed by atoms with Gasteiger partial charge in [0, 0.05) is 0 Å². The molecule has 1 unspecified atom stereocenters. The van der Waals surface area contributed by atoms with E-state index in [1.54, 1.807) is 43.5 Å². The molecule has 0 spiro atoms. The summed E-state index contributed by atoms with van der Waals surface area (Å²) in [5.41, 5.74) is 6.24. The second kappa shape index (κ2) is 6.58. The number of amides is 1. The number of benzene rings is 2. The number of hydrogen-bond donors (Lipinski definition) is 2. The number of carbonyl (C=O) groups excluding carboxylic acids is 1. The van der Waals surface area contributed by atoms with E-state index in [-0.39, 0.29) is 5.69 Å². The van der Waals surface area contributed by atoms with Crippen LogP contribution < -0.4 is 15.8 Å². The quantitative estimate of drug-likeness (QED) is 0.868. The molecule has 1 amide bonds. The molecule has 2 aromatic carbocycles. The monoisotopic (exact) mass is 352 g/mol. The van der Waals surface area contributed by atoms with Crippen LogP contribution in [-0.2, 0) is 4.79 Å². The van der Waals surface area contributed by atoms with Crippen LogP contribution in [0.5, 0.6) is 5.75 Å². The molecule has 6 heteroatoms. The minimum atomic E-state index is -0.843. The minimum Gasteiger partial charge on any atom is -0.496 e. The first-order valence-electron chi connectivity index (χ1n) is 6.16. The summed E-state index contributed by atoms with van der Waals surface area (Å²) in [5, 5.41) is 2.82. The molecule has 0 aliphatic heterocycles. The summed E-state index contributed by atoms with van der Waals surface area (Å²) in [6, 6.07) is 10.4. The third-order valence-electron chi connectivity index (χ3n) is 2.97. The molecule has 0 fully saturated rings. The summed E-state index contributed by atoms with van der Waals surface area (Å²) in [6.45, 7) is 0. The average Bonchev–Trinajstić information content (AvgIpc) is 2.46. The maximum atomic E-state index is 13.7. The van der Waals surface area contributed by atoms with Crippen molar-refractivity contribution in [2.24, 2.45) is 5.73 Å². The van der Waals surface area contributed by atoms with Crippen molar-refractivity contribution in [2.75, 3.05) is 12.4 Å². The lowest BCUT2D eigenvalue weighted by molar-refractivity contribution is -0.118. The van der Waals surface area contributed by atoms with Gasteiger partial charge in [-0.3, -0.25) is 4.79 Å². The van der Waals surface area contributed by atoms with E-state index in [1.807, 2.05) is 0 Å². The van der Waals surface area contributed by atoms with E-state index >= 15 is 0 Å². The standard InChI is InChI=1S/C15H14BrFN2O2/c1-21-13-7-6-9(8-10(13)16)14(15(18)20)19-12-5-3-2-4-11(12)17/h2-8,14,19H,1H3,(H2,18,20). The largest absolute Gasteiger partial charge is 0.496 e. The van der Waals surface area contributed by atoms with Crippen molar-refractivity contribution in [2.45, 2.75) is 6.04 Å². The van der Waals surface area contributed by atoms with E-state index in [0.717, 1.165) is 0 Å². The van der Waals surface area contributed by atoms with Gasteiger partial charge in [-0.05, 0) is 45.8 Å². The van der Waals surface area contributed by atoms with E-state index < -0.39 is 17.8 Å². The topological polar surface area (TPSA) is 64.3 Å². The van der Waals surface area contributed by atoms with Gasteiger partial charge in [0.05, 0.1) is 17.3 Å². The number of nitrogens with one attached hydrogen (secondary N) is 1. The Hall–Kier alpha value is -2.08. The fraction of sp³-hybridized carbons (Fsp3) is 0.133. The molecule has 2 aromatic rings. The van der Waals surface area contributed by atoms with E-state index in [4.69, 9.17) is 10.5 Å². The van der Waals surface area contributed by atoms with Gasteiger partial charge in [0.25, 0.3) is 0 Å². The Balaban J connectivity index is 2.34. The summed E-state index contributed by atoms with van der Waals surface area (Å²) in [4.78, 5) is 11.7. The summed E-state index contributed by atoms with van der Waals surface area (Å²) < 4.78 is 19.5. The number of primary amides is 1. The fourth-order valence-corrected chi connectivity index (χ4v) is 2.47. The zero-order valence-electron chi connectivity index (χ0n) is 11.3. The Bertz CT molecular complexity index is 664. The van der Waals surface area contributed by atoms with Crippen molar-refractivity contribution in [1.29, 1.82) is 0 Å². The van der Waals surface area contributed by atoms with E-state index in [1.165, 1.54) is 6.07 Å². The molecule has 0 saturated heterocycles. The third-order valence-corrected chi connectivity index (χ3v) is 3.59. The van der Waals surface area contributed by atoms with Crippen LogP contribution in [0.1, 0.15) is 11.6 Å². The predicted octanol–water partition coefficient (Wildman–Crippen LogP) is 3.24. The summed E-state index contributed by atoms with van der Waals surface area (Å²) in [6.07, 6.45) is 0. The van der Waals surface area contributed by atoms with Gasteiger partial charge in [0.1, 0.15) is 17.6 Å². The van der Waals surface area contributed by atoms with Crippen LogP contribution in [0.2, 0.25) is 0 Å². The van der Waals surface area contributed by atoms with Gasteiger partial charge in [-0.15, -0.1) is 0 Å². The maximum absolute atomic E-state index is 13.7. The van der Waals surface area contributed by atoms with E-state index in [9.17, 15) is 9.18 Å². The number of carbonyl (C=O) groups is 1. The van der Waals surface area contributed by atoms with Crippen molar-refractivity contribution in [3.8, 4) is 5.75 Å². The smallest absolute Gasteiger partial charge is 0.244 e. The number of hydrogen-bond acceptors (Lipinski definition) is 3. The second-order valence-corrected chi connectivity index (χ2v) is 5.21. The number of halogens is 2. The van der Waals surface area contributed by atoms with Gasteiger partial charge in [-0.2, -0.15) is 0 Å². The third kappa shape index (κ3) is 3.52. The number of methoxy groups -OCH3 is 1. The second-order valence-electron chi connectivity index (χ2n) is 4.35. The Labute approximate surface area is 130 Å². The van der Waals surface area contributed by atoms with Gasteiger partial charge in [-0.25, -0.2) is 4.39 Å². The van der Waals surface area contributed by atoms with Crippen molar-refractivity contribution >= 4 is 27.5 Å². The molecular formula is C15H14BrFN2O2. The van der Waals surface area contributed by atoms with Crippen LogP contribution in [0.15, 0.2) is 46.9 Å². The number of anilines is 1.